The molecule has 3 N–H and O–H groups in total. The second-order valence-electron chi connectivity index (χ2n) is 16.5. The Balaban J connectivity index is -0.00000132. The summed E-state index contributed by atoms with van der Waals surface area (Å²) in [5.41, 5.74) is -1.56. The Bertz CT molecular complexity index is 845. The molecule has 1 saturated heterocycles. The van der Waals surface area contributed by atoms with E-state index in [1.54, 1.807) is 0 Å². The summed E-state index contributed by atoms with van der Waals surface area (Å²) < 4.78 is 16.6. The van der Waals surface area contributed by atoms with Crippen molar-refractivity contribution < 1.29 is 39.1 Å². The Morgan fingerprint density at radius 3 is 1.73 bits per heavy atom. The summed E-state index contributed by atoms with van der Waals surface area (Å²) in [6.45, 7) is 35.8. The van der Waals surface area contributed by atoms with E-state index in [4.69, 9.17) is 14.6 Å². The first-order chi connectivity index (χ1) is 21.9. The molecule has 290 valence electrons. The van der Waals surface area contributed by atoms with E-state index in [0.29, 0.717) is 32.0 Å². The maximum atomic E-state index is 13.3. The number of esters is 1. The minimum absolute atomic E-state index is 0.0365. The molecule has 0 spiro atoms. The highest BCUT2D eigenvalue weighted by molar-refractivity contribution is 5.77. The van der Waals surface area contributed by atoms with Gasteiger partial charge in [-0.15, -0.1) is 0 Å². The highest BCUT2D eigenvalue weighted by Gasteiger charge is 2.58. The Morgan fingerprint density at radius 2 is 1.35 bits per heavy atom. The average Bonchev–Trinajstić information content (AvgIpc) is 3.17. The number of aliphatic hydroxyl groups is 3. The Labute approximate surface area is 296 Å². The molecule has 1 aliphatic heterocycles. The molecule has 0 aromatic heterocycles. The van der Waals surface area contributed by atoms with E-state index < -0.39 is 5.60 Å². The van der Waals surface area contributed by atoms with Crippen LogP contribution >= 0.6 is 0 Å². The minimum atomic E-state index is -0.524. The van der Waals surface area contributed by atoms with Crippen molar-refractivity contribution in [2.75, 3.05) is 46.7 Å². The van der Waals surface area contributed by atoms with E-state index in [2.05, 4.69) is 85.8 Å². The summed E-state index contributed by atoms with van der Waals surface area (Å²) >= 11 is 0. The third-order valence-corrected chi connectivity index (χ3v) is 10.1. The van der Waals surface area contributed by atoms with Gasteiger partial charge in [0.1, 0.15) is 0 Å². The third kappa shape index (κ3) is 17.6. The molecule has 0 radical (unpaired) electrons. The maximum Gasteiger partial charge on any atom is 0.302 e. The Morgan fingerprint density at radius 1 is 0.833 bits per heavy atom. The molecule has 0 aliphatic carbocycles. The Hall–Kier alpha value is -1.26. The van der Waals surface area contributed by atoms with Crippen molar-refractivity contribution in [1.29, 1.82) is 0 Å². The van der Waals surface area contributed by atoms with Crippen LogP contribution < -0.4 is 0 Å². The lowest BCUT2D eigenvalue weighted by Gasteiger charge is -2.62. The van der Waals surface area contributed by atoms with Crippen LogP contribution in [0.3, 0.4) is 0 Å². The Kier molecular flexibility index (Phi) is 25.6. The smallest absolute Gasteiger partial charge is 0.302 e. The molecule has 0 saturated carbocycles. The predicted molar refractivity (Wildman–Crippen MR) is 199 cm³/mol. The molecule has 0 aromatic carbocycles. The van der Waals surface area contributed by atoms with Crippen LogP contribution in [0.1, 0.15) is 149 Å². The molecular formula is C39H81NO8. The molecule has 9 heteroatoms. The van der Waals surface area contributed by atoms with E-state index >= 15 is 0 Å². The summed E-state index contributed by atoms with van der Waals surface area (Å²) in [5.74, 6) is 0.673. The van der Waals surface area contributed by atoms with Gasteiger partial charge in [-0.1, -0.05) is 96.4 Å². The SMILES string of the molecule is CC.CC(C)(CCO)OC(COCCO)C(C)(C)C(C)(C)C(C)(C)C(N1CCCCCC1=O)C(C)(C)C.CC(C)CCO.COC(C)=O. The fourth-order valence-electron chi connectivity index (χ4n) is 6.41. The number of aliphatic hydroxyl groups excluding tert-OH is 3. The summed E-state index contributed by atoms with van der Waals surface area (Å²) in [6, 6.07) is 0.0411. The number of hydrogen-bond donors (Lipinski definition) is 3. The van der Waals surface area contributed by atoms with Gasteiger partial charge in [0.2, 0.25) is 5.91 Å². The fraction of sp³-hybridized carbons (Fsp3) is 0.949. The number of methoxy groups -OCH3 is 1. The molecule has 0 bridgehead atoms. The van der Waals surface area contributed by atoms with Crippen LogP contribution in [0.15, 0.2) is 0 Å². The van der Waals surface area contributed by atoms with Crippen molar-refractivity contribution in [2.24, 2.45) is 27.6 Å². The van der Waals surface area contributed by atoms with Crippen LogP contribution in [0, 0.1) is 27.6 Å². The molecule has 9 nitrogen and oxygen atoms in total. The van der Waals surface area contributed by atoms with Crippen LogP contribution in [-0.2, 0) is 23.8 Å². The van der Waals surface area contributed by atoms with Crippen molar-refractivity contribution in [2.45, 2.75) is 167 Å². The zero-order valence-electron chi connectivity index (χ0n) is 34.5. The van der Waals surface area contributed by atoms with Crippen molar-refractivity contribution in [1.82, 2.24) is 4.90 Å². The molecular weight excluding hydrogens is 610 g/mol. The number of hydrogen-bond acceptors (Lipinski definition) is 8. The lowest BCUT2D eigenvalue weighted by molar-refractivity contribution is -0.208. The second kappa shape index (κ2) is 24.0. The maximum absolute atomic E-state index is 13.3. The van der Waals surface area contributed by atoms with Crippen molar-refractivity contribution in [3.05, 3.63) is 0 Å². The lowest BCUT2D eigenvalue weighted by Crippen LogP contribution is -2.64. The topological polar surface area (TPSA) is 126 Å². The number of carbonyl (C=O) groups is 2. The molecule has 2 unspecified atom stereocenters. The van der Waals surface area contributed by atoms with Gasteiger partial charge in [-0.25, -0.2) is 0 Å². The number of nitrogens with zero attached hydrogens (tertiary/aromatic N) is 1. The second-order valence-corrected chi connectivity index (χ2v) is 16.5. The first-order valence-corrected chi connectivity index (χ1v) is 18.3. The molecule has 1 rings (SSSR count). The third-order valence-electron chi connectivity index (χ3n) is 10.1. The van der Waals surface area contributed by atoms with Crippen molar-refractivity contribution in [3.63, 3.8) is 0 Å². The molecule has 0 aromatic rings. The first-order valence-electron chi connectivity index (χ1n) is 18.3. The molecule has 48 heavy (non-hydrogen) atoms. The summed E-state index contributed by atoms with van der Waals surface area (Å²) in [6.07, 6.45) is 4.93. The van der Waals surface area contributed by atoms with Crippen LogP contribution in [0.2, 0.25) is 0 Å². The van der Waals surface area contributed by atoms with Crippen LogP contribution in [0.4, 0.5) is 0 Å². The average molecular weight is 692 g/mol. The summed E-state index contributed by atoms with van der Waals surface area (Å²) in [7, 11) is 1.35. The van der Waals surface area contributed by atoms with Gasteiger partial charge < -0.3 is 34.4 Å². The lowest BCUT2D eigenvalue weighted by atomic mass is 9.48. The van der Waals surface area contributed by atoms with Crippen LogP contribution in [-0.4, -0.2) is 96.5 Å². The van der Waals surface area contributed by atoms with Crippen molar-refractivity contribution >= 4 is 11.9 Å². The molecule has 1 fully saturated rings. The summed E-state index contributed by atoms with van der Waals surface area (Å²) in [5, 5.41) is 27.1. The predicted octanol–water partition coefficient (Wildman–Crippen LogP) is 7.67. The number of ether oxygens (including phenoxy) is 3. The highest BCUT2D eigenvalue weighted by Crippen LogP contribution is 2.59. The number of amides is 1. The van der Waals surface area contributed by atoms with E-state index in [1.807, 2.05) is 27.7 Å². The van der Waals surface area contributed by atoms with Gasteiger partial charge >= 0.3 is 5.97 Å². The largest absolute Gasteiger partial charge is 0.469 e. The highest BCUT2D eigenvalue weighted by atomic mass is 16.6. The van der Waals surface area contributed by atoms with Gasteiger partial charge in [0.05, 0.1) is 38.6 Å². The normalized spacial score (nSPS) is 15.9. The zero-order valence-corrected chi connectivity index (χ0v) is 34.5. The zero-order chi connectivity index (χ0) is 38.6. The standard InChI is InChI=1S/C29H57NO5.C5H12O.C3H6O2.C2H6/c1-25(2,3)24(30-17-14-12-13-15-23(30)33)28(8,9)29(10,11)27(6,7)22(21-34-20-19-32)35-26(4,5)16-18-31;1-5(2)3-4-6;1-3(4)5-2;1-2/h22,24,31-32H,12-21H2,1-11H3;5-6H,3-4H2,1-2H3;1-2H3;1-2H3. The number of rotatable bonds is 15. The quantitative estimate of drug-likeness (QED) is 0.118. The van der Waals surface area contributed by atoms with E-state index in [-0.39, 0.29) is 65.5 Å². The molecule has 1 heterocycles. The number of likely N-dealkylation sites (tertiary alicyclic amines) is 1. The van der Waals surface area contributed by atoms with Gasteiger partial charge in [0.15, 0.2) is 0 Å². The summed E-state index contributed by atoms with van der Waals surface area (Å²) in [4.78, 5) is 25.1. The van der Waals surface area contributed by atoms with E-state index in [0.717, 1.165) is 32.2 Å². The number of carbonyl (C=O) groups excluding carboxylic acids is 2. The van der Waals surface area contributed by atoms with Crippen LogP contribution in [0.25, 0.3) is 0 Å². The first kappa shape index (κ1) is 51.1. The van der Waals surface area contributed by atoms with E-state index in [1.165, 1.54) is 14.0 Å². The minimum Gasteiger partial charge on any atom is -0.469 e. The van der Waals surface area contributed by atoms with Crippen LogP contribution in [0.5, 0.6) is 0 Å². The van der Waals surface area contributed by atoms with Gasteiger partial charge in [0.25, 0.3) is 0 Å². The molecule has 1 aliphatic rings. The van der Waals surface area contributed by atoms with Gasteiger partial charge in [-0.05, 0) is 67.1 Å². The fourth-order valence-corrected chi connectivity index (χ4v) is 6.41. The van der Waals surface area contributed by atoms with Gasteiger partial charge in [-0.3, -0.25) is 9.59 Å². The molecule has 2 atom stereocenters. The molecule has 1 amide bonds. The van der Waals surface area contributed by atoms with Gasteiger partial charge in [0, 0.05) is 39.1 Å². The van der Waals surface area contributed by atoms with Gasteiger partial charge in [-0.2, -0.15) is 0 Å². The monoisotopic (exact) mass is 692 g/mol. The van der Waals surface area contributed by atoms with E-state index in [9.17, 15) is 19.8 Å². The van der Waals surface area contributed by atoms with Crippen molar-refractivity contribution in [3.8, 4) is 0 Å².